The molecule has 17 heavy (non-hydrogen) atoms. The minimum atomic E-state index is -0.0640. The molecule has 1 heterocycles. The number of anilines is 1. The Balaban J connectivity index is 1.99. The number of rotatable bonds is 2. The molecule has 2 unspecified atom stereocenters. The van der Waals surface area contributed by atoms with Gasteiger partial charge in [-0.1, -0.05) is 19.1 Å². The number of nitrogens with one attached hydrogen (secondary N) is 2. The van der Waals surface area contributed by atoms with Gasteiger partial charge in [-0.2, -0.15) is 0 Å². The van der Waals surface area contributed by atoms with Crippen molar-refractivity contribution in [3.63, 3.8) is 0 Å². The molecule has 92 valence electrons. The first-order chi connectivity index (χ1) is 8.16. The lowest BCUT2D eigenvalue weighted by atomic mass is 9.94. The summed E-state index contributed by atoms with van der Waals surface area (Å²) in [6.45, 7) is 3.12. The van der Waals surface area contributed by atoms with E-state index in [0.717, 1.165) is 29.5 Å². The van der Waals surface area contributed by atoms with Gasteiger partial charge >= 0.3 is 0 Å². The van der Waals surface area contributed by atoms with Gasteiger partial charge < -0.3 is 10.6 Å². The van der Waals surface area contributed by atoms with E-state index < -0.39 is 0 Å². The van der Waals surface area contributed by atoms with E-state index in [0.29, 0.717) is 5.92 Å². The van der Waals surface area contributed by atoms with Gasteiger partial charge in [0.25, 0.3) is 0 Å². The third kappa shape index (κ3) is 3.30. The molecule has 4 heteroatoms. The average molecular weight is 297 g/mol. The fourth-order valence-electron chi connectivity index (χ4n) is 2.09. The maximum absolute atomic E-state index is 12.1. The van der Waals surface area contributed by atoms with Gasteiger partial charge in [0.1, 0.15) is 0 Å². The molecule has 2 N–H and O–H groups in total. The third-order valence-corrected chi connectivity index (χ3v) is 3.81. The Morgan fingerprint density at radius 3 is 2.94 bits per heavy atom. The lowest BCUT2D eigenvalue weighted by Gasteiger charge is -2.27. The van der Waals surface area contributed by atoms with Crippen molar-refractivity contribution in [1.82, 2.24) is 5.32 Å². The van der Waals surface area contributed by atoms with Crippen molar-refractivity contribution >= 4 is 27.5 Å². The highest BCUT2D eigenvalue weighted by atomic mass is 79.9. The number of carbonyl (C=O) groups excluding carboxylic acids is 1. The summed E-state index contributed by atoms with van der Waals surface area (Å²) in [6, 6.07) is 7.60. The SMILES string of the molecule is CC1CCNC(C(=O)Nc2ccccc2Br)C1. The predicted octanol–water partition coefficient (Wildman–Crippen LogP) is 2.78. The van der Waals surface area contributed by atoms with Gasteiger partial charge in [-0.25, -0.2) is 0 Å². The molecule has 0 saturated carbocycles. The first-order valence-corrected chi connectivity index (χ1v) is 6.75. The lowest BCUT2D eigenvalue weighted by molar-refractivity contribution is -0.119. The van der Waals surface area contributed by atoms with Gasteiger partial charge in [-0.3, -0.25) is 4.79 Å². The summed E-state index contributed by atoms with van der Waals surface area (Å²) in [7, 11) is 0. The fraction of sp³-hybridized carbons (Fsp3) is 0.462. The number of hydrogen-bond acceptors (Lipinski definition) is 2. The predicted molar refractivity (Wildman–Crippen MR) is 73.0 cm³/mol. The van der Waals surface area contributed by atoms with Crippen LogP contribution in [0.3, 0.4) is 0 Å². The molecule has 2 atom stereocenters. The molecule has 1 fully saturated rings. The summed E-state index contributed by atoms with van der Waals surface area (Å²) in [6.07, 6.45) is 2.06. The van der Waals surface area contributed by atoms with Gasteiger partial charge in [0.2, 0.25) is 5.91 Å². The van der Waals surface area contributed by atoms with E-state index in [9.17, 15) is 4.79 Å². The maximum Gasteiger partial charge on any atom is 0.241 e. The molecule has 1 aliphatic rings. The standard InChI is InChI=1S/C13H17BrN2O/c1-9-6-7-15-12(8-9)13(17)16-11-5-3-2-4-10(11)14/h2-5,9,12,15H,6-8H2,1H3,(H,16,17). The van der Waals surface area contributed by atoms with Gasteiger partial charge in [0.15, 0.2) is 0 Å². The lowest BCUT2D eigenvalue weighted by Crippen LogP contribution is -2.45. The number of piperidine rings is 1. The second-order valence-electron chi connectivity index (χ2n) is 4.61. The van der Waals surface area contributed by atoms with E-state index in [1.165, 1.54) is 0 Å². The van der Waals surface area contributed by atoms with E-state index in [2.05, 4.69) is 33.5 Å². The van der Waals surface area contributed by atoms with Gasteiger partial charge in [-0.15, -0.1) is 0 Å². The second kappa shape index (κ2) is 5.65. The topological polar surface area (TPSA) is 41.1 Å². The van der Waals surface area contributed by atoms with Crippen LogP contribution in [0, 0.1) is 5.92 Å². The van der Waals surface area contributed by atoms with Crippen LogP contribution in [0.1, 0.15) is 19.8 Å². The number of amides is 1. The second-order valence-corrected chi connectivity index (χ2v) is 5.46. The number of para-hydroxylation sites is 1. The van der Waals surface area contributed by atoms with Crippen LogP contribution >= 0.6 is 15.9 Å². The first-order valence-electron chi connectivity index (χ1n) is 5.95. The zero-order valence-electron chi connectivity index (χ0n) is 9.87. The molecule has 1 amide bonds. The Morgan fingerprint density at radius 1 is 1.47 bits per heavy atom. The van der Waals surface area contributed by atoms with Crippen molar-refractivity contribution in [2.24, 2.45) is 5.92 Å². The first kappa shape index (κ1) is 12.6. The number of carbonyl (C=O) groups is 1. The van der Waals surface area contributed by atoms with Crippen LogP contribution in [-0.2, 0) is 4.79 Å². The van der Waals surface area contributed by atoms with Crippen LogP contribution in [-0.4, -0.2) is 18.5 Å². The molecule has 1 aromatic rings. The third-order valence-electron chi connectivity index (χ3n) is 3.11. The maximum atomic E-state index is 12.1. The van der Waals surface area contributed by atoms with Crippen LogP contribution in [0.5, 0.6) is 0 Å². The molecule has 1 saturated heterocycles. The smallest absolute Gasteiger partial charge is 0.241 e. The highest BCUT2D eigenvalue weighted by Crippen LogP contribution is 2.22. The molecule has 0 aliphatic carbocycles. The van der Waals surface area contributed by atoms with Crippen LogP contribution in [0.15, 0.2) is 28.7 Å². The Bertz CT molecular complexity index is 408. The van der Waals surface area contributed by atoms with Crippen molar-refractivity contribution in [2.75, 3.05) is 11.9 Å². The van der Waals surface area contributed by atoms with E-state index in [-0.39, 0.29) is 11.9 Å². The summed E-state index contributed by atoms with van der Waals surface area (Å²) in [4.78, 5) is 12.1. The highest BCUT2D eigenvalue weighted by molar-refractivity contribution is 9.10. The fourth-order valence-corrected chi connectivity index (χ4v) is 2.47. The molecule has 3 nitrogen and oxygen atoms in total. The van der Waals surface area contributed by atoms with Crippen LogP contribution in [0.2, 0.25) is 0 Å². The molecule has 0 radical (unpaired) electrons. The van der Waals surface area contributed by atoms with E-state index in [4.69, 9.17) is 0 Å². The number of hydrogen-bond donors (Lipinski definition) is 2. The molecule has 1 aromatic carbocycles. The largest absolute Gasteiger partial charge is 0.324 e. The van der Waals surface area contributed by atoms with Crippen LogP contribution < -0.4 is 10.6 Å². The molecule has 0 aromatic heterocycles. The van der Waals surface area contributed by atoms with Crippen molar-refractivity contribution in [3.8, 4) is 0 Å². The van der Waals surface area contributed by atoms with Crippen molar-refractivity contribution < 1.29 is 4.79 Å². The Labute approximate surface area is 110 Å². The molecule has 0 bridgehead atoms. The molecular formula is C13H17BrN2O. The van der Waals surface area contributed by atoms with Crippen molar-refractivity contribution in [2.45, 2.75) is 25.8 Å². The average Bonchev–Trinajstić information content (AvgIpc) is 2.32. The number of benzene rings is 1. The van der Waals surface area contributed by atoms with Gasteiger partial charge in [0.05, 0.1) is 11.7 Å². The van der Waals surface area contributed by atoms with Crippen LogP contribution in [0.4, 0.5) is 5.69 Å². The molecule has 1 aliphatic heterocycles. The Morgan fingerprint density at radius 2 is 2.24 bits per heavy atom. The Kier molecular flexibility index (Phi) is 4.18. The zero-order chi connectivity index (χ0) is 12.3. The van der Waals surface area contributed by atoms with E-state index >= 15 is 0 Å². The quantitative estimate of drug-likeness (QED) is 0.881. The highest BCUT2D eigenvalue weighted by Gasteiger charge is 2.24. The summed E-state index contributed by atoms with van der Waals surface area (Å²) in [5, 5.41) is 6.21. The molecular weight excluding hydrogens is 280 g/mol. The summed E-state index contributed by atoms with van der Waals surface area (Å²) in [5.74, 6) is 0.676. The van der Waals surface area contributed by atoms with E-state index in [1.807, 2.05) is 24.3 Å². The summed E-state index contributed by atoms with van der Waals surface area (Å²) < 4.78 is 0.914. The van der Waals surface area contributed by atoms with Crippen molar-refractivity contribution in [1.29, 1.82) is 0 Å². The van der Waals surface area contributed by atoms with Gasteiger partial charge in [0, 0.05) is 4.47 Å². The van der Waals surface area contributed by atoms with Gasteiger partial charge in [-0.05, 0) is 53.4 Å². The van der Waals surface area contributed by atoms with Crippen LogP contribution in [0.25, 0.3) is 0 Å². The Hall–Kier alpha value is -0.870. The molecule has 0 spiro atoms. The normalized spacial score (nSPS) is 24.4. The van der Waals surface area contributed by atoms with E-state index in [1.54, 1.807) is 0 Å². The minimum Gasteiger partial charge on any atom is -0.324 e. The number of halogens is 1. The molecule has 2 rings (SSSR count). The summed E-state index contributed by atoms with van der Waals surface area (Å²) >= 11 is 3.43. The zero-order valence-corrected chi connectivity index (χ0v) is 11.5. The minimum absolute atomic E-state index is 0.0588. The van der Waals surface area contributed by atoms with Crippen molar-refractivity contribution in [3.05, 3.63) is 28.7 Å². The monoisotopic (exact) mass is 296 g/mol. The summed E-state index contributed by atoms with van der Waals surface area (Å²) in [5.41, 5.74) is 0.831.